The average molecular weight is 534 g/mol. The van der Waals surface area contributed by atoms with Crippen LogP contribution in [-0.4, -0.2) is 30.7 Å². The molecule has 1 amide bonds. The molecule has 0 aliphatic rings. The second-order valence-electron chi connectivity index (χ2n) is 8.22. The molecule has 4 rings (SSSR count). The topological polar surface area (TPSA) is 72.2 Å². The first-order chi connectivity index (χ1) is 17.1. The van der Waals surface area contributed by atoms with Crippen LogP contribution in [0.3, 0.4) is 0 Å². The molecule has 0 saturated carbocycles. The van der Waals surface area contributed by atoms with Crippen molar-refractivity contribution in [3.05, 3.63) is 81.6 Å². The van der Waals surface area contributed by atoms with Crippen molar-refractivity contribution in [3.8, 4) is 0 Å². The lowest BCUT2D eigenvalue weighted by atomic mass is 10.0. The van der Waals surface area contributed by atoms with Crippen LogP contribution in [0.4, 0.5) is 18.9 Å². The molecule has 1 N–H and O–H groups in total. The van der Waals surface area contributed by atoms with E-state index in [2.05, 4.69) is 20.4 Å². The molecule has 36 heavy (non-hydrogen) atoms. The number of aromatic nitrogens is 4. The zero-order valence-electron chi connectivity index (χ0n) is 19.7. The number of hydrogen-bond acceptors (Lipinski definition) is 5. The normalized spacial score (nSPS) is 12.6. The Hall–Kier alpha value is -3.11. The third-order valence-electron chi connectivity index (χ3n) is 5.70. The van der Waals surface area contributed by atoms with E-state index >= 15 is 0 Å². The molecule has 6 nitrogen and oxygen atoms in total. The number of nitrogens with one attached hydrogen (secondary N) is 1. The van der Waals surface area contributed by atoms with Gasteiger partial charge in [0.05, 0.1) is 16.5 Å². The van der Waals surface area contributed by atoms with Gasteiger partial charge in [-0.3, -0.25) is 4.79 Å². The van der Waals surface area contributed by atoms with Crippen LogP contribution in [0.15, 0.2) is 53.7 Å². The van der Waals surface area contributed by atoms with Crippen LogP contribution in [0.1, 0.15) is 41.4 Å². The summed E-state index contributed by atoms with van der Waals surface area (Å²) < 4.78 is 41.6. The standard InChI is InChI=1S/C25H23ClF3N5OS/c1-4-21(22(35)31-20-11-6-5-10-19(20)25(27,28)29)36-24-32-23-30-14(2)18(15(3)34(23)33-24)13-16-8-7-9-17(26)12-16/h5-12,21H,4,13H2,1-3H3,(H,31,35)/t21-/m1/s1. The van der Waals surface area contributed by atoms with E-state index in [-0.39, 0.29) is 5.69 Å². The number of rotatable bonds is 7. The van der Waals surface area contributed by atoms with Gasteiger partial charge in [0.2, 0.25) is 11.1 Å². The van der Waals surface area contributed by atoms with E-state index in [1.165, 1.54) is 18.2 Å². The van der Waals surface area contributed by atoms with Gasteiger partial charge in [-0.15, -0.1) is 5.10 Å². The van der Waals surface area contributed by atoms with Crippen molar-refractivity contribution < 1.29 is 18.0 Å². The summed E-state index contributed by atoms with van der Waals surface area (Å²) in [6.45, 7) is 5.59. The van der Waals surface area contributed by atoms with Gasteiger partial charge in [-0.05, 0) is 55.7 Å². The largest absolute Gasteiger partial charge is 0.418 e. The number of amides is 1. The zero-order chi connectivity index (χ0) is 26.0. The summed E-state index contributed by atoms with van der Waals surface area (Å²) in [5.41, 5.74) is 2.50. The van der Waals surface area contributed by atoms with Crippen LogP contribution in [0.2, 0.25) is 5.02 Å². The maximum atomic E-state index is 13.3. The maximum Gasteiger partial charge on any atom is 0.418 e. The minimum Gasteiger partial charge on any atom is -0.325 e. The molecule has 1 atom stereocenters. The fraction of sp³-hybridized carbons (Fsp3) is 0.280. The summed E-state index contributed by atoms with van der Waals surface area (Å²) in [6.07, 6.45) is -3.60. The Bertz CT molecular complexity index is 1420. The van der Waals surface area contributed by atoms with Crippen molar-refractivity contribution in [2.75, 3.05) is 5.32 Å². The third kappa shape index (κ3) is 5.65. The number of hydrogen-bond donors (Lipinski definition) is 1. The summed E-state index contributed by atoms with van der Waals surface area (Å²) in [7, 11) is 0. The molecule has 0 spiro atoms. The Balaban J connectivity index is 1.57. The van der Waals surface area contributed by atoms with E-state index in [0.29, 0.717) is 28.8 Å². The molecule has 0 bridgehead atoms. The lowest BCUT2D eigenvalue weighted by molar-refractivity contribution is -0.137. The zero-order valence-corrected chi connectivity index (χ0v) is 21.3. The second-order valence-corrected chi connectivity index (χ2v) is 9.83. The first-order valence-corrected chi connectivity index (χ1v) is 12.4. The molecule has 0 fully saturated rings. The van der Waals surface area contributed by atoms with Crippen molar-refractivity contribution in [1.29, 1.82) is 0 Å². The number of benzene rings is 2. The van der Waals surface area contributed by atoms with Crippen LogP contribution in [0.25, 0.3) is 5.78 Å². The van der Waals surface area contributed by atoms with Crippen molar-refractivity contribution in [1.82, 2.24) is 19.6 Å². The molecule has 2 aromatic heterocycles. The Morgan fingerprint density at radius 1 is 1.14 bits per heavy atom. The van der Waals surface area contributed by atoms with Gasteiger partial charge in [-0.1, -0.05) is 54.6 Å². The first kappa shape index (κ1) is 26.0. The maximum absolute atomic E-state index is 13.3. The molecule has 4 aromatic rings. The van der Waals surface area contributed by atoms with Crippen LogP contribution in [0.5, 0.6) is 0 Å². The summed E-state index contributed by atoms with van der Waals surface area (Å²) in [5, 5.41) is 7.21. The quantitative estimate of drug-likeness (QED) is 0.274. The van der Waals surface area contributed by atoms with E-state index in [1.54, 1.807) is 11.4 Å². The van der Waals surface area contributed by atoms with Crippen LogP contribution < -0.4 is 5.32 Å². The Labute approximate surface area is 215 Å². The molecule has 188 valence electrons. The lowest BCUT2D eigenvalue weighted by Gasteiger charge is -2.16. The minimum atomic E-state index is -4.58. The number of anilines is 1. The Kier molecular flexibility index (Phi) is 7.56. The van der Waals surface area contributed by atoms with Crippen molar-refractivity contribution in [3.63, 3.8) is 0 Å². The molecular formula is C25H23ClF3N5OS. The van der Waals surface area contributed by atoms with E-state index in [0.717, 1.165) is 40.3 Å². The summed E-state index contributed by atoms with van der Waals surface area (Å²) in [6, 6.07) is 12.5. The number of nitrogens with zero attached hydrogens (tertiary/aromatic N) is 4. The highest BCUT2D eigenvalue weighted by Gasteiger charge is 2.34. The number of aryl methyl sites for hydroxylation is 2. The molecule has 0 saturated heterocycles. The molecule has 0 unspecified atom stereocenters. The van der Waals surface area contributed by atoms with Gasteiger partial charge in [0.1, 0.15) is 0 Å². The number of thioether (sulfide) groups is 1. The van der Waals surface area contributed by atoms with Gasteiger partial charge >= 0.3 is 6.18 Å². The fourth-order valence-corrected chi connectivity index (χ4v) is 4.91. The SMILES string of the molecule is CC[C@@H](Sc1nc2nc(C)c(Cc3cccc(Cl)c3)c(C)n2n1)C(=O)Nc1ccccc1C(F)(F)F. The van der Waals surface area contributed by atoms with Crippen molar-refractivity contribution >= 4 is 40.7 Å². The highest BCUT2D eigenvalue weighted by atomic mass is 35.5. The van der Waals surface area contributed by atoms with Gasteiger partial charge in [0.15, 0.2) is 0 Å². The van der Waals surface area contributed by atoms with Gasteiger partial charge in [0.25, 0.3) is 5.78 Å². The minimum absolute atomic E-state index is 0.282. The van der Waals surface area contributed by atoms with E-state index in [1.807, 2.05) is 38.1 Å². The summed E-state index contributed by atoms with van der Waals surface area (Å²) in [4.78, 5) is 21.9. The van der Waals surface area contributed by atoms with Crippen LogP contribution >= 0.6 is 23.4 Å². The Morgan fingerprint density at radius 3 is 2.58 bits per heavy atom. The third-order valence-corrected chi connectivity index (χ3v) is 7.15. The highest BCUT2D eigenvalue weighted by molar-refractivity contribution is 8.00. The Morgan fingerprint density at radius 2 is 1.89 bits per heavy atom. The van der Waals surface area contributed by atoms with Gasteiger partial charge in [0, 0.05) is 22.8 Å². The predicted molar refractivity (Wildman–Crippen MR) is 135 cm³/mol. The van der Waals surface area contributed by atoms with Crippen LogP contribution in [-0.2, 0) is 17.4 Å². The first-order valence-electron chi connectivity index (χ1n) is 11.2. The second kappa shape index (κ2) is 10.5. The number of fused-ring (bicyclic) bond motifs is 1. The highest BCUT2D eigenvalue weighted by Crippen LogP contribution is 2.35. The van der Waals surface area contributed by atoms with E-state index in [4.69, 9.17) is 11.6 Å². The summed E-state index contributed by atoms with van der Waals surface area (Å²) >= 11 is 7.21. The van der Waals surface area contributed by atoms with Gasteiger partial charge < -0.3 is 5.32 Å². The molecule has 0 aliphatic heterocycles. The van der Waals surface area contributed by atoms with Crippen molar-refractivity contribution in [2.24, 2.45) is 0 Å². The monoisotopic (exact) mass is 533 g/mol. The molecule has 0 aliphatic carbocycles. The van der Waals surface area contributed by atoms with Gasteiger partial charge in [-0.25, -0.2) is 9.50 Å². The molecule has 2 heterocycles. The predicted octanol–water partition coefficient (Wildman–Crippen LogP) is 6.51. The summed E-state index contributed by atoms with van der Waals surface area (Å²) in [5.74, 6) is -0.166. The molecule has 0 radical (unpaired) electrons. The smallest absolute Gasteiger partial charge is 0.325 e. The number of para-hydroxylation sites is 1. The number of alkyl halides is 3. The fourth-order valence-electron chi connectivity index (χ4n) is 3.85. The average Bonchev–Trinajstić information content (AvgIpc) is 3.22. The molecule has 2 aromatic carbocycles. The number of carbonyl (C=O) groups excluding carboxylic acids is 1. The van der Waals surface area contributed by atoms with Crippen molar-refractivity contribution in [2.45, 2.75) is 50.2 Å². The number of carbonyl (C=O) groups is 1. The number of halogens is 4. The van der Waals surface area contributed by atoms with E-state index in [9.17, 15) is 18.0 Å². The molecule has 11 heteroatoms. The van der Waals surface area contributed by atoms with E-state index < -0.39 is 22.9 Å². The van der Waals surface area contributed by atoms with Gasteiger partial charge in [-0.2, -0.15) is 18.2 Å². The van der Waals surface area contributed by atoms with Crippen LogP contribution in [0, 0.1) is 13.8 Å². The lowest BCUT2D eigenvalue weighted by Crippen LogP contribution is -2.26. The molecular weight excluding hydrogens is 511 g/mol.